The Hall–Kier alpha value is -2.36. The lowest BCUT2D eigenvalue weighted by Crippen LogP contribution is -2.23. The third-order valence-corrected chi connectivity index (χ3v) is 5.50. The maximum absolute atomic E-state index is 12.0. The summed E-state index contributed by atoms with van der Waals surface area (Å²) >= 11 is 0. The number of rotatable bonds is 10. The molecular weight excluding hydrogens is 340 g/mol. The lowest BCUT2D eigenvalue weighted by atomic mass is 9.72. The fourth-order valence-corrected chi connectivity index (χ4v) is 3.42. The van der Waals surface area contributed by atoms with E-state index in [4.69, 9.17) is 9.84 Å². The van der Waals surface area contributed by atoms with Crippen LogP contribution in [0.1, 0.15) is 73.1 Å². The number of hydrogen-bond donors (Lipinski definition) is 1. The summed E-state index contributed by atoms with van der Waals surface area (Å²) in [4.78, 5) is 23.2. The number of benzene rings is 1. The first-order chi connectivity index (χ1) is 12.9. The normalized spacial score (nSPS) is 21.2. The van der Waals surface area contributed by atoms with Crippen LogP contribution in [-0.4, -0.2) is 23.7 Å². The topological polar surface area (TPSA) is 63.6 Å². The standard InChI is InChI=1S/C23H30O4/c1-18-12-8-10-16-23(18,2)15-9-4-3-5-11-17-27-22(26)20-14-7-6-13-19(20)21(24)25/h6-8,10,12-14,16,18H,3-5,9,11,15,17H2,1-2H3,(H,24,25). The Kier molecular flexibility index (Phi) is 7.83. The van der Waals surface area contributed by atoms with Crippen LogP contribution in [0.25, 0.3) is 0 Å². The van der Waals surface area contributed by atoms with Gasteiger partial charge in [0.05, 0.1) is 17.7 Å². The van der Waals surface area contributed by atoms with E-state index in [2.05, 4.69) is 38.2 Å². The molecule has 0 bridgehead atoms. The van der Waals surface area contributed by atoms with Crippen molar-refractivity contribution in [1.82, 2.24) is 0 Å². The third-order valence-electron chi connectivity index (χ3n) is 5.50. The number of hydrogen-bond acceptors (Lipinski definition) is 3. The Balaban J connectivity index is 1.60. The molecule has 1 aromatic carbocycles. The van der Waals surface area contributed by atoms with Crippen LogP contribution in [0.5, 0.6) is 0 Å². The van der Waals surface area contributed by atoms with Gasteiger partial charge in [-0.25, -0.2) is 9.59 Å². The van der Waals surface area contributed by atoms with Crippen molar-refractivity contribution in [3.05, 3.63) is 59.7 Å². The molecule has 0 aliphatic heterocycles. The van der Waals surface area contributed by atoms with Crippen molar-refractivity contribution < 1.29 is 19.4 Å². The average Bonchev–Trinajstić information content (AvgIpc) is 2.66. The summed E-state index contributed by atoms with van der Waals surface area (Å²) in [7, 11) is 0. The van der Waals surface area contributed by atoms with E-state index in [1.165, 1.54) is 31.4 Å². The zero-order valence-electron chi connectivity index (χ0n) is 16.3. The number of esters is 1. The second-order valence-corrected chi connectivity index (χ2v) is 7.54. The lowest BCUT2D eigenvalue weighted by molar-refractivity contribution is 0.0487. The van der Waals surface area contributed by atoms with Crippen molar-refractivity contribution in [2.45, 2.75) is 52.4 Å². The fourth-order valence-electron chi connectivity index (χ4n) is 3.42. The smallest absolute Gasteiger partial charge is 0.339 e. The van der Waals surface area contributed by atoms with Crippen LogP contribution in [0, 0.1) is 11.3 Å². The molecule has 146 valence electrons. The number of aromatic carboxylic acids is 1. The van der Waals surface area contributed by atoms with Gasteiger partial charge in [-0.15, -0.1) is 0 Å². The van der Waals surface area contributed by atoms with Gasteiger partial charge in [-0.05, 0) is 36.3 Å². The van der Waals surface area contributed by atoms with Gasteiger partial charge in [-0.1, -0.05) is 76.0 Å². The number of carbonyl (C=O) groups is 2. The summed E-state index contributed by atoms with van der Waals surface area (Å²) in [6.07, 6.45) is 15.4. The molecule has 0 spiro atoms. The van der Waals surface area contributed by atoms with Crippen LogP contribution >= 0.6 is 0 Å². The van der Waals surface area contributed by atoms with Crippen LogP contribution in [0.3, 0.4) is 0 Å². The molecule has 1 N–H and O–H groups in total. The molecule has 4 nitrogen and oxygen atoms in total. The van der Waals surface area contributed by atoms with Gasteiger partial charge >= 0.3 is 11.9 Å². The first-order valence-corrected chi connectivity index (χ1v) is 9.79. The Bertz CT molecular complexity index is 704. The molecule has 0 amide bonds. The summed E-state index contributed by atoms with van der Waals surface area (Å²) in [5.74, 6) is -1.10. The molecular formula is C23H30O4. The van der Waals surface area contributed by atoms with E-state index in [-0.39, 0.29) is 16.5 Å². The predicted molar refractivity (Wildman–Crippen MR) is 107 cm³/mol. The van der Waals surface area contributed by atoms with E-state index in [9.17, 15) is 9.59 Å². The third kappa shape index (κ3) is 6.09. The van der Waals surface area contributed by atoms with Gasteiger partial charge in [0.15, 0.2) is 0 Å². The minimum Gasteiger partial charge on any atom is -0.478 e. The zero-order valence-corrected chi connectivity index (χ0v) is 16.3. The molecule has 2 unspecified atom stereocenters. The predicted octanol–water partition coefficient (Wildman–Crippen LogP) is 5.65. The van der Waals surface area contributed by atoms with Gasteiger partial charge in [-0.3, -0.25) is 0 Å². The molecule has 2 rings (SSSR count). The second kappa shape index (κ2) is 10.1. The molecule has 1 aromatic rings. The van der Waals surface area contributed by atoms with Crippen LogP contribution in [0.4, 0.5) is 0 Å². The van der Waals surface area contributed by atoms with Crippen molar-refractivity contribution >= 4 is 11.9 Å². The number of unbranched alkanes of at least 4 members (excludes halogenated alkanes) is 4. The zero-order chi connectivity index (χ0) is 19.7. The van der Waals surface area contributed by atoms with Gasteiger partial charge in [0, 0.05) is 0 Å². The number of allylic oxidation sites excluding steroid dienone is 4. The lowest BCUT2D eigenvalue weighted by Gasteiger charge is -2.33. The summed E-state index contributed by atoms with van der Waals surface area (Å²) < 4.78 is 5.23. The van der Waals surface area contributed by atoms with Crippen LogP contribution in [0.2, 0.25) is 0 Å². The van der Waals surface area contributed by atoms with Gasteiger partial charge in [-0.2, -0.15) is 0 Å². The van der Waals surface area contributed by atoms with Crippen molar-refractivity contribution in [3.63, 3.8) is 0 Å². The second-order valence-electron chi connectivity index (χ2n) is 7.54. The van der Waals surface area contributed by atoms with E-state index >= 15 is 0 Å². The van der Waals surface area contributed by atoms with Gasteiger partial charge < -0.3 is 9.84 Å². The maximum atomic E-state index is 12.0. The molecule has 0 aromatic heterocycles. The van der Waals surface area contributed by atoms with E-state index in [0.717, 1.165) is 19.3 Å². The fraction of sp³-hybridized carbons (Fsp3) is 0.478. The average molecular weight is 370 g/mol. The minimum absolute atomic E-state index is 0.0168. The summed E-state index contributed by atoms with van der Waals surface area (Å²) in [6.45, 7) is 4.93. The van der Waals surface area contributed by atoms with E-state index in [0.29, 0.717) is 12.5 Å². The van der Waals surface area contributed by atoms with Crippen molar-refractivity contribution in [1.29, 1.82) is 0 Å². The number of carboxylic acid groups (broad SMARTS) is 1. The molecule has 0 saturated carbocycles. The maximum Gasteiger partial charge on any atom is 0.339 e. The highest BCUT2D eigenvalue weighted by Crippen LogP contribution is 2.37. The molecule has 1 aliphatic rings. The van der Waals surface area contributed by atoms with Crippen LogP contribution in [0.15, 0.2) is 48.6 Å². The summed E-state index contributed by atoms with van der Waals surface area (Å²) in [6, 6.07) is 6.14. The van der Waals surface area contributed by atoms with E-state index in [1.54, 1.807) is 12.1 Å². The molecule has 0 heterocycles. The van der Waals surface area contributed by atoms with Gasteiger partial charge in [0.1, 0.15) is 0 Å². The SMILES string of the molecule is CC1C=CC=CC1(C)CCCCCCCOC(=O)c1ccccc1C(=O)O. The Morgan fingerprint density at radius 1 is 1.04 bits per heavy atom. The molecule has 1 aliphatic carbocycles. The van der Waals surface area contributed by atoms with E-state index < -0.39 is 11.9 Å². The first-order valence-electron chi connectivity index (χ1n) is 9.79. The summed E-state index contributed by atoms with van der Waals surface area (Å²) in [5.41, 5.74) is 0.362. The molecule has 0 radical (unpaired) electrons. The molecule has 2 atom stereocenters. The molecule has 4 heteroatoms. The monoisotopic (exact) mass is 370 g/mol. The van der Waals surface area contributed by atoms with Crippen molar-refractivity contribution in [3.8, 4) is 0 Å². The quantitative estimate of drug-likeness (QED) is 0.427. The Labute approximate surface area is 161 Å². The van der Waals surface area contributed by atoms with Gasteiger partial charge in [0.2, 0.25) is 0 Å². The first kappa shape index (κ1) is 20.9. The highest BCUT2D eigenvalue weighted by atomic mass is 16.5. The molecule has 0 saturated heterocycles. The minimum atomic E-state index is -1.12. The largest absolute Gasteiger partial charge is 0.478 e. The number of carbonyl (C=O) groups excluding carboxylic acids is 1. The highest BCUT2D eigenvalue weighted by Gasteiger charge is 2.27. The molecule has 0 fully saturated rings. The van der Waals surface area contributed by atoms with Crippen LogP contribution in [-0.2, 0) is 4.74 Å². The van der Waals surface area contributed by atoms with Crippen molar-refractivity contribution in [2.75, 3.05) is 6.61 Å². The number of carboxylic acids is 1. The van der Waals surface area contributed by atoms with Crippen LogP contribution < -0.4 is 0 Å². The highest BCUT2D eigenvalue weighted by molar-refractivity contribution is 6.02. The Morgan fingerprint density at radius 2 is 1.70 bits per heavy atom. The Morgan fingerprint density at radius 3 is 2.41 bits per heavy atom. The number of ether oxygens (including phenoxy) is 1. The molecule has 27 heavy (non-hydrogen) atoms. The summed E-state index contributed by atoms with van der Waals surface area (Å²) in [5, 5.41) is 9.12. The van der Waals surface area contributed by atoms with Gasteiger partial charge in [0.25, 0.3) is 0 Å². The van der Waals surface area contributed by atoms with E-state index in [1.807, 2.05) is 0 Å². The van der Waals surface area contributed by atoms with Crippen molar-refractivity contribution in [2.24, 2.45) is 11.3 Å².